The van der Waals surface area contributed by atoms with Gasteiger partial charge in [0.2, 0.25) is 0 Å². The molecule has 0 unspecified atom stereocenters. The number of carbonyl (C=O) groups is 1. The molecular weight excluding hydrogens is 288 g/mol. The van der Waals surface area contributed by atoms with Crippen molar-refractivity contribution in [1.29, 1.82) is 0 Å². The molecule has 0 saturated carbocycles. The largest absolute Gasteiger partial charge is 0.481 e. The van der Waals surface area contributed by atoms with E-state index in [1.807, 2.05) is 36.2 Å². The third-order valence-electron chi connectivity index (χ3n) is 4.63. The molecule has 1 fully saturated rings. The first-order valence-corrected chi connectivity index (χ1v) is 8.29. The molecule has 2 aromatic carbocycles. The average Bonchev–Trinajstić information content (AvgIpc) is 2.59. The zero-order valence-corrected chi connectivity index (χ0v) is 13.8. The van der Waals surface area contributed by atoms with Crippen molar-refractivity contribution >= 4 is 22.4 Å². The van der Waals surface area contributed by atoms with Crippen molar-refractivity contribution in [2.75, 3.05) is 32.1 Å². The Morgan fingerprint density at radius 2 is 1.96 bits per heavy atom. The minimum absolute atomic E-state index is 0.0758. The highest BCUT2D eigenvalue weighted by Gasteiger charge is 2.21. The van der Waals surface area contributed by atoms with Crippen LogP contribution >= 0.6 is 0 Å². The predicted octanol–water partition coefficient (Wildman–Crippen LogP) is 3.52. The lowest BCUT2D eigenvalue weighted by atomic mass is 9.99. The van der Waals surface area contributed by atoms with Crippen molar-refractivity contribution in [3.63, 3.8) is 0 Å². The summed E-state index contributed by atoms with van der Waals surface area (Å²) in [5, 5.41) is 5.29. The van der Waals surface area contributed by atoms with E-state index in [0.717, 1.165) is 48.1 Å². The fourth-order valence-corrected chi connectivity index (χ4v) is 3.08. The number of hydrogen-bond acceptors (Lipinski definition) is 3. The molecule has 3 rings (SSSR count). The average molecular weight is 312 g/mol. The number of nitrogens with zero attached hydrogens (tertiary/aromatic N) is 1. The van der Waals surface area contributed by atoms with E-state index < -0.39 is 0 Å². The van der Waals surface area contributed by atoms with E-state index in [-0.39, 0.29) is 12.5 Å². The van der Waals surface area contributed by atoms with Crippen LogP contribution < -0.4 is 10.1 Å². The van der Waals surface area contributed by atoms with Gasteiger partial charge >= 0.3 is 0 Å². The van der Waals surface area contributed by atoms with Gasteiger partial charge in [-0.25, -0.2) is 0 Å². The van der Waals surface area contributed by atoms with Gasteiger partial charge in [-0.05, 0) is 30.2 Å². The van der Waals surface area contributed by atoms with E-state index in [4.69, 9.17) is 4.74 Å². The zero-order chi connectivity index (χ0) is 16.2. The molecule has 1 amide bonds. The highest BCUT2D eigenvalue weighted by atomic mass is 16.5. The fraction of sp³-hybridized carbons (Fsp3) is 0.421. The van der Waals surface area contributed by atoms with Gasteiger partial charge < -0.3 is 15.0 Å². The lowest BCUT2D eigenvalue weighted by Gasteiger charge is -2.30. The van der Waals surface area contributed by atoms with Crippen LogP contribution in [0.2, 0.25) is 0 Å². The van der Waals surface area contributed by atoms with E-state index in [1.165, 1.54) is 0 Å². The number of rotatable bonds is 4. The molecule has 1 heterocycles. The van der Waals surface area contributed by atoms with Crippen LogP contribution in [-0.4, -0.2) is 37.6 Å². The maximum atomic E-state index is 12.4. The minimum atomic E-state index is 0.0758. The van der Waals surface area contributed by atoms with Crippen LogP contribution in [0.1, 0.15) is 19.8 Å². The van der Waals surface area contributed by atoms with Crippen LogP contribution in [0.3, 0.4) is 0 Å². The summed E-state index contributed by atoms with van der Waals surface area (Å²) in [5.41, 5.74) is 0.906. The second-order valence-electron chi connectivity index (χ2n) is 6.27. The van der Waals surface area contributed by atoms with Gasteiger partial charge in [0.15, 0.2) is 12.4 Å². The number of fused-ring (bicyclic) bond motifs is 1. The Labute approximate surface area is 137 Å². The first-order chi connectivity index (χ1) is 11.2. The van der Waals surface area contributed by atoms with E-state index in [1.54, 1.807) is 0 Å². The van der Waals surface area contributed by atoms with Crippen LogP contribution in [-0.2, 0) is 4.79 Å². The molecule has 23 heavy (non-hydrogen) atoms. The van der Waals surface area contributed by atoms with Gasteiger partial charge in [0.25, 0.3) is 5.91 Å². The molecule has 4 nitrogen and oxygen atoms in total. The summed E-state index contributed by atoms with van der Waals surface area (Å²) >= 11 is 0. The Balaban J connectivity index is 1.74. The van der Waals surface area contributed by atoms with E-state index in [9.17, 15) is 4.79 Å². The van der Waals surface area contributed by atoms with Crippen molar-refractivity contribution in [1.82, 2.24) is 4.90 Å². The number of hydrogen-bond donors (Lipinski definition) is 1. The Hall–Kier alpha value is -2.23. The Bertz CT molecular complexity index is 691. The second kappa shape index (κ2) is 6.90. The van der Waals surface area contributed by atoms with Crippen LogP contribution in [0.5, 0.6) is 5.75 Å². The van der Waals surface area contributed by atoms with Crippen LogP contribution in [0.25, 0.3) is 10.8 Å². The number of carbonyl (C=O) groups excluding carboxylic acids is 1. The quantitative estimate of drug-likeness (QED) is 0.939. The smallest absolute Gasteiger partial charge is 0.260 e. The Kier molecular flexibility index (Phi) is 4.70. The molecule has 0 aliphatic carbocycles. The molecule has 2 aromatic rings. The lowest BCUT2D eigenvalue weighted by molar-refractivity contribution is -0.134. The van der Waals surface area contributed by atoms with Crippen molar-refractivity contribution < 1.29 is 9.53 Å². The maximum absolute atomic E-state index is 12.4. The molecule has 1 N–H and O–H groups in total. The standard InChI is InChI=1S/C19H24N2O2/c1-14-9-11-21(12-10-14)18(22)13-23-19-16-6-4-3-5-15(16)7-8-17(19)20-2/h3-8,14,20H,9-13H2,1-2H3. The Morgan fingerprint density at radius 1 is 1.22 bits per heavy atom. The summed E-state index contributed by atoms with van der Waals surface area (Å²) in [6.45, 7) is 4.03. The third-order valence-corrected chi connectivity index (χ3v) is 4.63. The van der Waals surface area contributed by atoms with Crippen molar-refractivity contribution in [2.24, 2.45) is 5.92 Å². The topological polar surface area (TPSA) is 41.6 Å². The number of likely N-dealkylation sites (tertiary alicyclic amines) is 1. The molecule has 0 bridgehead atoms. The third kappa shape index (κ3) is 3.41. The van der Waals surface area contributed by atoms with Crippen molar-refractivity contribution in [2.45, 2.75) is 19.8 Å². The molecule has 0 radical (unpaired) electrons. The normalized spacial score (nSPS) is 15.7. The maximum Gasteiger partial charge on any atom is 0.260 e. The molecule has 4 heteroatoms. The van der Waals surface area contributed by atoms with Gasteiger partial charge in [-0.15, -0.1) is 0 Å². The monoisotopic (exact) mass is 312 g/mol. The van der Waals surface area contributed by atoms with E-state index in [2.05, 4.69) is 24.4 Å². The SMILES string of the molecule is CNc1ccc2ccccc2c1OCC(=O)N1CCC(C)CC1. The zero-order valence-electron chi connectivity index (χ0n) is 13.8. The summed E-state index contributed by atoms with van der Waals surface area (Å²) in [4.78, 5) is 14.3. The number of benzene rings is 2. The van der Waals surface area contributed by atoms with Crippen molar-refractivity contribution in [3.8, 4) is 5.75 Å². The van der Waals surface area contributed by atoms with Gasteiger partial charge in [-0.1, -0.05) is 37.3 Å². The van der Waals surface area contributed by atoms with E-state index in [0.29, 0.717) is 5.92 Å². The number of amides is 1. The summed E-state index contributed by atoms with van der Waals surface area (Å²) < 4.78 is 5.93. The molecule has 122 valence electrons. The van der Waals surface area contributed by atoms with Crippen LogP contribution in [0.4, 0.5) is 5.69 Å². The highest BCUT2D eigenvalue weighted by Crippen LogP contribution is 2.33. The molecule has 0 atom stereocenters. The molecular formula is C19H24N2O2. The summed E-state index contributed by atoms with van der Waals surface area (Å²) in [5.74, 6) is 1.55. The molecule has 1 saturated heterocycles. The van der Waals surface area contributed by atoms with Gasteiger partial charge in [-0.2, -0.15) is 0 Å². The van der Waals surface area contributed by atoms with E-state index >= 15 is 0 Å². The first-order valence-electron chi connectivity index (χ1n) is 8.29. The fourth-order valence-electron chi connectivity index (χ4n) is 3.08. The summed E-state index contributed by atoms with van der Waals surface area (Å²) in [6.07, 6.45) is 2.17. The lowest BCUT2D eigenvalue weighted by Crippen LogP contribution is -2.40. The van der Waals surface area contributed by atoms with Gasteiger partial charge in [0.1, 0.15) is 0 Å². The molecule has 1 aliphatic rings. The predicted molar refractivity (Wildman–Crippen MR) is 94.0 cm³/mol. The van der Waals surface area contributed by atoms with Crippen LogP contribution in [0.15, 0.2) is 36.4 Å². The molecule has 0 aromatic heterocycles. The molecule has 1 aliphatic heterocycles. The van der Waals surface area contributed by atoms with Crippen LogP contribution in [0, 0.1) is 5.92 Å². The summed E-state index contributed by atoms with van der Waals surface area (Å²) in [7, 11) is 1.87. The number of anilines is 1. The molecule has 0 spiro atoms. The summed E-state index contributed by atoms with van der Waals surface area (Å²) in [6, 6.07) is 12.1. The van der Waals surface area contributed by atoms with Gasteiger partial charge in [-0.3, -0.25) is 4.79 Å². The van der Waals surface area contributed by atoms with Gasteiger partial charge in [0, 0.05) is 25.5 Å². The first kappa shape index (κ1) is 15.7. The number of piperidine rings is 1. The second-order valence-corrected chi connectivity index (χ2v) is 6.27. The number of nitrogens with one attached hydrogen (secondary N) is 1. The Morgan fingerprint density at radius 3 is 2.70 bits per heavy atom. The van der Waals surface area contributed by atoms with Crippen molar-refractivity contribution in [3.05, 3.63) is 36.4 Å². The highest BCUT2D eigenvalue weighted by molar-refractivity contribution is 5.93. The minimum Gasteiger partial charge on any atom is -0.481 e. The number of ether oxygens (including phenoxy) is 1. The van der Waals surface area contributed by atoms with Gasteiger partial charge in [0.05, 0.1) is 5.69 Å².